The summed E-state index contributed by atoms with van der Waals surface area (Å²) in [5, 5.41) is 9.34. The second-order valence-corrected chi connectivity index (χ2v) is 11.4. The van der Waals surface area contributed by atoms with Gasteiger partial charge >= 0.3 is 0 Å². The number of anilines is 1. The zero-order chi connectivity index (χ0) is 30.5. The summed E-state index contributed by atoms with van der Waals surface area (Å²) in [4.78, 5) is 33.0. The summed E-state index contributed by atoms with van der Waals surface area (Å²) < 4.78 is 13.7. The number of ether oxygens (including phenoxy) is 2. The quantitative estimate of drug-likeness (QED) is 0.226. The molecule has 1 fully saturated rings. The zero-order valence-corrected chi connectivity index (χ0v) is 26.3. The molecule has 0 aliphatic carbocycles. The molecule has 2 amide bonds. The van der Waals surface area contributed by atoms with Gasteiger partial charge in [0.15, 0.2) is 5.65 Å². The predicted molar refractivity (Wildman–Crippen MR) is 169 cm³/mol. The molecule has 2 aromatic heterocycles. The smallest absolute Gasteiger partial charge is 0.254 e. The number of aromatic nitrogens is 3. The molecule has 0 saturated carbocycles. The number of aryl methyl sites for hydroxylation is 2. The van der Waals surface area contributed by atoms with Gasteiger partial charge in [0, 0.05) is 54.7 Å². The molecule has 10 nitrogen and oxygen atoms in total. The lowest BCUT2D eigenvalue weighted by atomic mass is 10.0. The number of carbonyl (C=O) groups excluding carboxylic acids is 2. The third-order valence-corrected chi connectivity index (χ3v) is 8.42. The predicted octanol–water partition coefficient (Wildman–Crippen LogP) is 5.32. The maximum Gasteiger partial charge on any atom is 0.254 e. The molecule has 5 rings (SSSR count). The van der Waals surface area contributed by atoms with Gasteiger partial charge < -0.3 is 25.4 Å². The molecule has 0 radical (unpaired) electrons. The van der Waals surface area contributed by atoms with Crippen LogP contribution in [0.2, 0.25) is 0 Å². The van der Waals surface area contributed by atoms with E-state index in [-0.39, 0.29) is 24.1 Å². The average molecular weight is 650 g/mol. The Morgan fingerprint density at radius 2 is 1.91 bits per heavy atom. The normalized spacial score (nSPS) is 13.7. The van der Waals surface area contributed by atoms with Gasteiger partial charge in [-0.2, -0.15) is 5.10 Å². The fraction of sp³-hybridized carbons (Fsp3) is 0.375. The van der Waals surface area contributed by atoms with Gasteiger partial charge in [-0.25, -0.2) is 9.67 Å². The monoisotopic (exact) mass is 648 g/mol. The Bertz CT molecular complexity index is 1630. The summed E-state index contributed by atoms with van der Waals surface area (Å²) >= 11 is 3.58. The van der Waals surface area contributed by atoms with Gasteiger partial charge in [-0.05, 0) is 78.0 Å². The van der Waals surface area contributed by atoms with E-state index in [1.807, 2.05) is 36.0 Å². The van der Waals surface area contributed by atoms with Gasteiger partial charge in [-0.1, -0.05) is 19.1 Å². The summed E-state index contributed by atoms with van der Waals surface area (Å²) in [5.41, 5.74) is 10.8. The maximum atomic E-state index is 14.2. The standard InChI is InChI=1S/C32H37BrN6O4/c1-4-27-25(29(36-23-11-13-43-14-12-23)24-17-35-39(5-2)31(24)37-27)19-38(18-20-9-10-28(42-3)26(33)15-20)32(41)22-8-6-7-21(16-22)30(34)40/h6-10,15-17,23H,4-5,11-14,18-19H2,1-3H3,(H2,34,40)(H,36,37). The van der Waals surface area contributed by atoms with E-state index in [2.05, 4.69) is 33.3 Å². The van der Waals surface area contributed by atoms with Crippen LogP contribution in [-0.2, 0) is 30.8 Å². The average Bonchev–Trinajstić information content (AvgIpc) is 3.44. The SMILES string of the molecule is CCc1nc2c(cnn2CC)c(NC2CCOCC2)c1CN(Cc1ccc(OC)c(Br)c1)C(=O)c1cccc(C(N)=O)c1. The number of carbonyl (C=O) groups is 2. The van der Waals surface area contributed by atoms with Crippen molar-refractivity contribution in [3.05, 3.63) is 81.1 Å². The van der Waals surface area contributed by atoms with E-state index in [0.29, 0.717) is 44.0 Å². The summed E-state index contributed by atoms with van der Waals surface area (Å²) in [6.07, 6.45) is 4.31. The highest BCUT2D eigenvalue weighted by Gasteiger charge is 2.26. The molecular formula is C32H37BrN6O4. The van der Waals surface area contributed by atoms with Crippen molar-refractivity contribution in [3.8, 4) is 5.75 Å². The Kier molecular flexibility index (Phi) is 9.62. The van der Waals surface area contributed by atoms with Crippen LogP contribution in [0.25, 0.3) is 11.0 Å². The molecule has 0 unspecified atom stereocenters. The molecule has 4 aromatic rings. The molecule has 226 valence electrons. The van der Waals surface area contributed by atoms with E-state index in [1.54, 1.807) is 36.3 Å². The second kappa shape index (κ2) is 13.6. The van der Waals surface area contributed by atoms with Crippen molar-refractivity contribution in [1.82, 2.24) is 19.7 Å². The molecule has 2 aromatic carbocycles. The Morgan fingerprint density at radius 3 is 2.58 bits per heavy atom. The first-order valence-electron chi connectivity index (χ1n) is 14.6. The first-order chi connectivity index (χ1) is 20.8. The van der Waals surface area contributed by atoms with Gasteiger partial charge in [0.05, 0.1) is 35.4 Å². The zero-order valence-electron chi connectivity index (χ0n) is 24.7. The van der Waals surface area contributed by atoms with Crippen LogP contribution >= 0.6 is 15.9 Å². The highest BCUT2D eigenvalue weighted by atomic mass is 79.9. The highest BCUT2D eigenvalue weighted by molar-refractivity contribution is 9.10. The number of fused-ring (bicyclic) bond motifs is 1. The van der Waals surface area contributed by atoms with Crippen molar-refractivity contribution in [3.63, 3.8) is 0 Å². The molecule has 3 heterocycles. The number of hydrogen-bond acceptors (Lipinski definition) is 7. The summed E-state index contributed by atoms with van der Waals surface area (Å²) in [6.45, 7) is 6.82. The van der Waals surface area contributed by atoms with Crippen LogP contribution in [0.1, 0.15) is 64.2 Å². The third-order valence-electron chi connectivity index (χ3n) is 7.80. The first-order valence-corrected chi connectivity index (χ1v) is 15.3. The summed E-state index contributed by atoms with van der Waals surface area (Å²) in [5.74, 6) is -0.104. The van der Waals surface area contributed by atoms with Gasteiger partial charge in [0.25, 0.3) is 5.91 Å². The van der Waals surface area contributed by atoms with Crippen LogP contribution in [0.3, 0.4) is 0 Å². The summed E-state index contributed by atoms with van der Waals surface area (Å²) in [7, 11) is 1.62. The van der Waals surface area contributed by atoms with Crippen LogP contribution in [0, 0.1) is 0 Å². The number of nitrogens with one attached hydrogen (secondary N) is 1. The number of nitrogens with zero attached hydrogens (tertiary/aromatic N) is 4. The van der Waals surface area contributed by atoms with Crippen molar-refractivity contribution in [1.29, 1.82) is 0 Å². The molecule has 0 atom stereocenters. The Morgan fingerprint density at radius 1 is 1.14 bits per heavy atom. The first kappa shape index (κ1) is 30.5. The number of hydrogen-bond donors (Lipinski definition) is 2. The van der Waals surface area contributed by atoms with Crippen molar-refractivity contribution in [2.45, 2.75) is 58.8 Å². The fourth-order valence-corrected chi connectivity index (χ4v) is 6.08. The van der Waals surface area contributed by atoms with E-state index in [0.717, 1.165) is 50.9 Å². The van der Waals surface area contributed by atoms with E-state index in [9.17, 15) is 9.59 Å². The van der Waals surface area contributed by atoms with Crippen LogP contribution < -0.4 is 15.8 Å². The number of methoxy groups -OCH3 is 1. The van der Waals surface area contributed by atoms with Crippen LogP contribution in [0.15, 0.2) is 53.1 Å². The molecule has 0 spiro atoms. The third kappa shape index (κ3) is 6.67. The largest absolute Gasteiger partial charge is 0.496 e. The van der Waals surface area contributed by atoms with Crippen LogP contribution in [0.5, 0.6) is 5.75 Å². The lowest BCUT2D eigenvalue weighted by Gasteiger charge is -2.29. The van der Waals surface area contributed by atoms with E-state index >= 15 is 0 Å². The lowest BCUT2D eigenvalue weighted by molar-refractivity contribution is 0.0729. The maximum absolute atomic E-state index is 14.2. The number of benzene rings is 2. The Labute approximate surface area is 259 Å². The number of halogens is 1. The topological polar surface area (TPSA) is 125 Å². The van der Waals surface area contributed by atoms with Crippen LogP contribution in [-0.4, -0.2) is 57.8 Å². The minimum atomic E-state index is -0.584. The number of rotatable bonds is 11. The van der Waals surface area contributed by atoms with E-state index in [4.69, 9.17) is 20.2 Å². The van der Waals surface area contributed by atoms with E-state index in [1.165, 1.54) is 0 Å². The molecule has 0 bridgehead atoms. The fourth-order valence-electron chi connectivity index (χ4n) is 5.49. The van der Waals surface area contributed by atoms with Gasteiger partial charge in [-0.3, -0.25) is 9.59 Å². The highest BCUT2D eigenvalue weighted by Crippen LogP contribution is 2.33. The minimum Gasteiger partial charge on any atom is -0.496 e. The minimum absolute atomic E-state index is 0.224. The van der Waals surface area contributed by atoms with Crippen LogP contribution in [0.4, 0.5) is 5.69 Å². The molecular weight excluding hydrogens is 612 g/mol. The van der Waals surface area contributed by atoms with Gasteiger partial charge in [0.2, 0.25) is 5.91 Å². The molecule has 1 aliphatic heterocycles. The van der Waals surface area contributed by atoms with Crippen molar-refractivity contribution in [2.75, 3.05) is 25.6 Å². The lowest BCUT2D eigenvalue weighted by Crippen LogP contribution is -2.33. The number of nitrogens with two attached hydrogens (primary N) is 1. The Hall–Kier alpha value is -3.96. The molecule has 11 heteroatoms. The van der Waals surface area contributed by atoms with Crippen molar-refractivity contribution >= 4 is 44.5 Å². The molecule has 43 heavy (non-hydrogen) atoms. The number of pyridine rings is 1. The van der Waals surface area contributed by atoms with Crippen molar-refractivity contribution in [2.24, 2.45) is 5.73 Å². The molecule has 3 N–H and O–H groups in total. The summed E-state index contributed by atoms with van der Waals surface area (Å²) in [6, 6.07) is 12.5. The van der Waals surface area contributed by atoms with E-state index < -0.39 is 5.91 Å². The number of amides is 2. The number of primary amides is 1. The second-order valence-electron chi connectivity index (χ2n) is 10.6. The van der Waals surface area contributed by atoms with Gasteiger partial charge in [0.1, 0.15) is 5.75 Å². The van der Waals surface area contributed by atoms with Crippen molar-refractivity contribution < 1.29 is 19.1 Å². The van der Waals surface area contributed by atoms with Gasteiger partial charge in [-0.15, -0.1) is 0 Å². The molecule has 1 saturated heterocycles. The molecule has 1 aliphatic rings. The Balaban J connectivity index is 1.62.